The highest BCUT2D eigenvalue weighted by atomic mass is 32.2. The number of nitrogens with zero attached hydrogens (tertiary/aromatic N) is 2. The van der Waals surface area contributed by atoms with Gasteiger partial charge in [0.05, 0.1) is 5.75 Å². The molecule has 1 N–H and O–H groups in total. The van der Waals surface area contributed by atoms with E-state index in [9.17, 15) is 4.79 Å². The predicted octanol–water partition coefficient (Wildman–Crippen LogP) is 3.75. The van der Waals surface area contributed by atoms with Crippen molar-refractivity contribution in [3.8, 4) is 0 Å². The van der Waals surface area contributed by atoms with E-state index < -0.39 is 0 Å². The van der Waals surface area contributed by atoms with E-state index in [2.05, 4.69) is 34.6 Å². The largest absolute Gasteiger partial charge is 0.300 e. The third-order valence-electron chi connectivity index (χ3n) is 2.80. The molecule has 0 radical (unpaired) electrons. The lowest BCUT2D eigenvalue weighted by molar-refractivity contribution is -0.113. The lowest BCUT2D eigenvalue weighted by atomic mass is 10.2. The normalized spacial score (nSPS) is 10.5. The van der Waals surface area contributed by atoms with Crippen LogP contribution in [0.4, 0.5) is 5.13 Å². The molecule has 1 aromatic carbocycles. The number of carbonyl (C=O) groups excluding carboxylic acids is 1. The number of nitrogens with one attached hydrogen (secondary N) is 1. The van der Waals surface area contributed by atoms with Crippen LogP contribution in [0.25, 0.3) is 0 Å². The van der Waals surface area contributed by atoms with Gasteiger partial charge in [0.15, 0.2) is 0 Å². The lowest BCUT2D eigenvalue weighted by Crippen LogP contribution is -2.13. The van der Waals surface area contributed by atoms with Crippen molar-refractivity contribution in [1.82, 2.24) is 10.2 Å². The molecule has 0 atom stereocenters. The summed E-state index contributed by atoms with van der Waals surface area (Å²) < 4.78 is 0. The van der Waals surface area contributed by atoms with Gasteiger partial charge in [0, 0.05) is 12.2 Å². The van der Waals surface area contributed by atoms with Crippen LogP contribution in [-0.2, 0) is 17.0 Å². The summed E-state index contributed by atoms with van der Waals surface area (Å²) in [6.45, 7) is 2.15. The standard InChI is InChI=1S/C15H19N3OS2/c1-2-3-9-14-17-18-15(21-14)16-13(19)11-20-10-12-7-5-4-6-8-12/h4-8H,2-3,9-11H2,1H3,(H,16,18,19). The molecule has 1 amide bonds. The summed E-state index contributed by atoms with van der Waals surface area (Å²) >= 11 is 3.07. The molecule has 2 aromatic rings. The molecular weight excluding hydrogens is 302 g/mol. The third-order valence-corrected chi connectivity index (χ3v) is 4.70. The van der Waals surface area contributed by atoms with E-state index in [0.29, 0.717) is 10.9 Å². The summed E-state index contributed by atoms with van der Waals surface area (Å²) in [5.41, 5.74) is 1.23. The Morgan fingerprint density at radius 1 is 1.29 bits per heavy atom. The van der Waals surface area contributed by atoms with Crippen molar-refractivity contribution in [2.24, 2.45) is 0 Å². The van der Waals surface area contributed by atoms with Crippen LogP contribution in [0.3, 0.4) is 0 Å². The van der Waals surface area contributed by atoms with E-state index in [1.54, 1.807) is 11.8 Å². The van der Waals surface area contributed by atoms with Crippen LogP contribution in [-0.4, -0.2) is 21.9 Å². The number of benzene rings is 1. The molecule has 0 fully saturated rings. The van der Waals surface area contributed by atoms with Gasteiger partial charge in [-0.15, -0.1) is 22.0 Å². The van der Waals surface area contributed by atoms with Crippen LogP contribution >= 0.6 is 23.1 Å². The fourth-order valence-electron chi connectivity index (χ4n) is 1.72. The molecule has 0 saturated carbocycles. The van der Waals surface area contributed by atoms with Crippen LogP contribution in [0.1, 0.15) is 30.3 Å². The summed E-state index contributed by atoms with van der Waals surface area (Å²) in [4.78, 5) is 11.8. The molecule has 21 heavy (non-hydrogen) atoms. The lowest BCUT2D eigenvalue weighted by Gasteiger charge is -2.02. The fraction of sp³-hybridized carbons (Fsp3) is 0.400. The number of aryl methyl sites for hydroxylation is 1. The molecule has 1 aromatic heterocycles. The van der Waals surface area contributed by atoms with Crippen molar-refractivity contribution in [3.63, 3.8) is 0 Å². The van der Waals surface area contributed by atoms with Crippen LogP contribution in [0.15, 0.2) is 30.3 Å². The first-order valence-electron chi connectivity index (χ1n) is 7.02. The molecule has 4 nitrogen and oxygen atoms in total. The second-order valence-corrected chi connectivity index (χ2v) is 6.68. The Bertz CT molecular complexity index is 557. The van der Waals surface area contributed by atoms with E-state index in [1.807, 2.05) is 18.2 Å². The quantitative estimate of drug-likeness (QED) is 0.804. The summed E-state index contributed by atoms with van der Waals surface area (Å²) in [6.07, 6.45) is 3.18. The average molecular weight is 321 g/mol. The van der Waals surface area contributed by atoms with E-state index >= 15 is 0 Å². The number of aromatic nitrogens is 2. The van der Waals surface area contributed by atoms with Crippen LogP contribution in [0.2, 0.25) is 0 Å². The number of hydrogen-bond donors (Lipinski definition) is 1. The van der Waals surface area contributed by atoms with Crippen molar-refractivity contribution >= 4 is 34.1 Å². The molecular formula is C15H19N3OS2. The number of hydrogen-bond acceptors (Lipinski definition) is 5. The number of thioether (sulfide) groups is 1. The number of anilines is 1. The molecule has 0 bridgehead atoms. The number of carbonyl (C=O) groups is 1. The second kappa shape index (κ2) is 8.79. The van der Waals surface area contributed by atoms with E-state index in [1.165, 1.54) is 16.9 Å². The van der Waals surface area contributed by atoms with Gasteiger partial charge in [0.1, 0.15) is 5.01 Å². The Kier molecular flexibility index (Phi) is 6.69. The number of unbranched alkanes of at least 4 members (excludes halogenated alkanes) is 1. The van der Waals surface area contributed by atoms with Crippen molar-refractivity contribution in [1.29, 1.82) is 0 Å². The van der Waals surface area contributed by atoms with Gasteiger partial charge in [-0.3, -0.25) is 10.1 Å². The minimum absolute atomic E-state index is 0.0193. The molecule has 112 valence electrons. The molecule has 2 rings (SSSR count). The first-order valence-corrected chi connectivity index (χ1v) is 8.99. The van der Waals surface area contributed by atoms with Gasteiger partial charge >= 0.3 is 0 Å². The summed E-state index contributed by atoms with van der Waals surface area (Å²) in [7, 11) is 0. The van der Waals surface area contributed by atoms with Crippen LogP contribution < -0.4 is 5.32 Å². The Morgan fingerprint density at radius 2 is 2.10 bits per heavy atom. The monoisotopic (exact) mass is 321 g/mol. The first kappa shape index (κ1) is 16.0. The van der Waals surface area contributed by atoms with Gasteiger partial charge in [-0.1, -0.05) is 55.0 Å². The zero-order chi connectivity index (χ0) is 14.9. The Labute approximate surface area is 133 Å². The Hall–Kier alpha value is -1.40. The van der Waals surface area contributed by atoms with Gasteiger partial charge in [-0.05, 0) is 12.0 Å². The zero-order valence-corrected chi connectivity index (χ0v) is 13.7. The van der Waals surface area contributed by atoms with Gasteiger partial charge in [-0.25, -0.2) is 0 Å². The van der Waals surface area contributed by atoms with E-state index in [0.717, 1.165) is 30.0 Å². The van der Waals surface area contributed by atoms with E-state index in [-0.39, 0.29) is 5.91 Å². The molecule has 0 unspecified atom stereocenters. The highest BCUT2D eigenvalue weighted by Crippen LogP contribution is 2.18. The molecule has 0 aliphatic heterocycles. The molecule has 6 heteroatoms. The first-order chi connectivity index (χ1) is 10.3. The number of rotatable bonds is 8. The Balaban J connectivity index is 1.70. The molecule has 1 heterocycles. The predicted molar refractivity (Wildman–Crippen MR) is 89.8 cm³/mol. The maximum atomic E-state index is 11.8. The van der Waals surface area contributed by atoms with Crippen LogP contribution in [0, 0.1) is 0 Å². The molecule has 0 saturated heterocycles. The fourth-order valence-corrected chi connectivity index (χ4v) is 3.31. The van der Waals surface area contributed by atoms with Crippen molar-refractivity contribution in [2.45, 2.75) is 31.9 Å². The smallest absolute Gasteiger partial charge is 0.236 e. The summed E-state index contributed by atoms with van der Waals surface area (Å²) in [5, 5.41) is 12.5. The Morgan fingerprint density at radius 3 is 2.86 bits per heavy atom. The van der Waals surface area contributed by atoms with Gasteiger partial charge in [-0.2, -0.15) is 0 Å². The molecule has 0 spiro atoms. The number of amides is 1. The van der Waals surface area contributed by atoms with Crippen molar-refractivity contribution in [3.05, 3.63) is 40.9 Å². The van der Waals surface area contributed by atoms with Crippen LogP contribution in [0.5, 0.6) is 0 Å². The topological polar surface area (TPSA) is 54.9 Å². The van der Waals surface area contributed by atoms with Gasteiger partial charge in [0.2, 0.25) is 11.0 Å². The maximum absolute atomic E-state index is 11.8. The average Bonchev–Trinajstić information content (AvgIpc) is 2.93. The highest BCUT2D eigenvalue weighted by molar-refractivity contribution is 7.99. The highest BCUT2D eigenvalue weighted by Gasteiger charge is 2.08. The van der Waals surface area contributed by atoms with Gasteiger partial charge < -0.3 is 0 Å². The molecule has 0 aliphatic rings. The van der Waals surface area contributed by atoms with E-state index in [4.69, 9.17) is 0 Å². The maximum Gasteiger partial charge on any atom is 0.236 e. The SMILES string of the molecule is CCCCc1nnc(NC(=O)CSCc2ccccc2)s1. The van der Waals surface area contributed by atoms with Gasteiger partial charge in [0.25, 0.3) is 0 Å². The van der Waals surface area contributed by atoms with Crippen molar-refractivity contribution in [2.75, 3.05) is 11.1 Å². The van der Waals surface area contributed by atoms with Crippen molar-refractivity contribution < 1.29 is 4.79 Å². The summed E-state index contributed by atoms with van der Waals surface area (Å²) in [6, 6.07) is 10.1. The molecule has 0 aliphatic carbocycles. The second-order valence-electron chi connectivity index (χ2n) is 4.63. The third kappa shape index (κ3) is 5.85. The zero-order valence-electron chi connectivity index (χ0n) is 12.0. The minimum Gasteiger partial charge on any atom is -0.300 e. The summed E-state index contributed by atoms with van der Waals surface area (Å²) in [5.74, 6) is 1.25. The minimum atomic E-state index is -0.0193.